The lowest BCUT2D eigenvalue weighted by molar-refractivity contribution is 0.242. The quantitative estimate of drug-likeness (QED) is 0.848. The number of rotatable bonds is 4. The van der Waals surface area contributed by atoms with Crippen LogP contribution in [0.3, 0.4) is 0 Å². The van der Waals surface area contributed by atoms with Crippen molar-refractivity contribution in [3.05, 3.63) is 40.5 Å². The van der Waals surface area contributed by atoms with E-state index < -0.39 is 0 Å². The van der Waals surface area contributed by atoms with Crippen LogP contribution in [0.4, 0.5) is 0 Å². The number of nitriles is 1. The van der Waals surface area contributed by atoms with Crippen LogP contribution < -0.4 is 4.74 Å². The van der Waals surface area contributed by atoms with E-state index in [-0.39, 0.29) is 6.61 Å². The molecule has 6 heteroatoms. The zero-order valence-corrected chi connectivity index (χ0v) is 10.4. The van der Waals surface area contributed by atoms with E-state index in [1.54, 1.807) is 18.2 Å². The minimum atomic E-state index is 0.113. The topological polar surface area (TPSA) is 71.9 Å². The molecule has 5 nitrogen and oxygen atoms in total. The number of ether oxygens (including phenoxy) is 1. The van der Waals surface area contributed by atoms with Crippen molar-refractivity contribution in [1.29, 1.82) is 5.26 Å². The van der Waals surface area contributed by atoms with Crippen LogP contribution in [0.2, 0.25) is 5.02 Å². The Morgan fingerprint density at radius 2 is 2.33 bits per heavy atom. The van der Waals surface area contributed by atoms with Gasteiger partial charge in [-0.1, -0.05) is 23.7 Å². The fourth-order valence-corrected chi connectivity index (χ4v) is 1.50. The number of hydrogen-bond acceptors (Lipinski definition) is 5. The lowest BCUT2D eigenvalue weighted by atomic mass is 10.2. The Kier molecular flexibility index (Phi) is 3.80. The number of aryl methyl sites for hydroxylation is 1. The molecule has 0 saturated carbocycles. The van der Waals surface area contributed by atoms with Crippen LogP contribution in [-0.2, 0) is 13.0 Å². The lowest BCUT2D eigenvalue weighted by Crippen LogP contribution is -1.98. The van der Waals surface area contributed by atoms with Gasteiger partial charge in [0.1, 0.15) is 11.8 Å². The standard InChI is InChI=1S/C12H10ClN3O2/c1-2-11-15-12(18-16-11)7-17-10-5-9(13)4-3-8(10)6-14/h3-5H,2,7H2,1H3. The summed E-state index contributed by atoms with van der Waals surface area (Å²) >= 11 is 5.84. The second kappa shape index (κ2) is 5.52. The van der Waals surface area contributed by atoms with Crippen molar-refractivity contribution in [3.8, 4) is 11.8 Å². The van der Waals surface area contributed by atoms with Gasteiger partial charge >= 0.3 is 0 Å². The monoisotopic (exact) mass is 263 g/mol. The zero-order chi connectivity index (χ0) is 13.0. The van der Waals surface area contributed by atoms with E-state index in [0.29, 0.717) is 34.5 Å². The SMILES string of the molecule is CCc1noc(COc2cc(Cl)ccc2C#N)n1. The largest absolute Gasteiger partial charge is 0.482 e. The number of nitrogens with zero attached hydrogens (tertiary/aromatic N) is 3. The molecule has 18 heavy (non-hydrogen) atoms. The fraction of sp³-hybridized carbons (Fsp3) is 0.250. The van der Waals surface area contributed by atoms with E-state index in [2.05, 4.69) is 10.1 Å². The zero-order valence-electron chi connectivity index (χ0n) is 9.68. The van der Waals surface area contributed by atoms with Crippen molar-refractivity contribution in [3.63, 3.8) is 0 Å². The minimum absolute atomic E-state index is 0.113. The van der Waals surface area contributed by atoms with E-state index in [0.717, 1.165) is 0 Å². The van der Waals surface area contributed by atoms with Gasteiger partial charge in [-0.25, -0.2) is 0 Å². The van der Waals surface area contributed by atoms with Crippen molar-refractivity contribution < 1.29 is 9.26 Å². The van der Waals surface area contributed by atoms with E-state index in [9.17, 15) is 0 Å². The predicted octanol–water partition coefficient (Wildman–Crippen LogP) is 2.74. The minimum Gasteiger partial charge on any atom is -0.482 e. The predicted molar refractivity (Wildman–Crippen MR) is 64.2 cm³/mol. The molecule has 0 spiro atoms. The first kappa shape index (κ1) is 12.4. The molecule has 0 fully saturated rings. The van der Waals surface area contributed by atoms with Crippen molar-refractivity contribution >= 4 is 11.6 Å². The third kappa shape index (κ3) is 2.79. The van der Waals surface area contributed by atoms with Crippen LogP contribution in [-0.4, -0.2) is 10.1 Å². The highest BCUT2D eigenvalue weighted by Crippen LogP contribution is 2.23. The second-order valence-corrected chi connectivity index (χ2v) is 3.94. The van der Waals surface area contributed by atoms with Crippen LogP contribution in [0.15, 0.2) is 22.7 Å². The van der Waals surface area contributed by atoms with Crippen LogP contribution in [0, 0.1) is 11.3 Å². The molecular weight excluding hydrogens is 254 g/mol. The molecule has 0 radical (unpaired) electrons. The highest BCUT2D eigenvalue weighted by Gasteiger charge is 2.08. The number of benzene rings is 1. The van der Waals surface area contributed by atoms with Crippen molar-refractivity contribution in [1.82, 2.24) is 10.1 Å². The summed E-state index contributed by atoms with van der Waals surface area (Å²) in [7, 11) is 0. The van der Waals surface area contributed by atoms with Crippen LogP contribution in [0.5, 0.6) is 5.75 Å². The molecule has 1 heterocycles. The van der Waals surface area contributed by atoms with Crippen LogP contribution in [0.25, 0.3) is 0 Å². The highest BCUT2D eigenvalue weighted by molar-refractivity contribution is 6.30. The summed E-state index contributed by atoms with van der Waals surface area (Å²) in [4.78, 5) is 4.10. The van der Waals surface area contributed by atoms with Crippen molar-refractivity contribution in [2.45, 2.75) is 20.0 Å². The van der Waals surface area contributed by atoms with Crippen LogP contribution in [0.1, 0.15) is 24.2 Å². The van der Waals surface area contributed by atoms with Gasteiger partial charge in [-0.05, 0) is 12.1 Å². The van der Waals surface area contributed by atoms with Gasteiger partial charge in [0.15, 0.2) is 12.4 Å². The molecule has 0 N–H and O–H groups in total. The number of hydrogen-bond donors (Lipinski definition) is 0. The van der Waals surface area contributed by atoms with Crippen LogP contribution >= 0.6 is 11.6 Å². The normalized spacial score (nSPS) is 10.1. The Hall–Kier alpha value is -2.06. The van der Waals surface area contributed by atoms with Gasteiger partial charge in [0.25, 0.3) is 5.89 Å². The Morgan fingerprint density at radius 1 is 1.50 bits per heavy atom. The maximum absolute atomic E-state index is 8.92. The maximum Gasteiger partial charge on any atom is 0.264 e. The average Bonchev–Trinajstić information content (AvgIpc) is 2.84. The Labute approximate surface area is 109 Å². The smallest absolute Gasteiger partial charge is 0.264 e. The Balaban J connectivity index is 2.10. The molecule has 0 amide bonds. The first-order chi connectivity index (χ1) is 8.72. The lowest BCUT2D eigenvalue weighted by Gasteiger charge is -2.05. The summed E-state index contributed by atoms with van der Waals surface area (Å²) in [5.74, 6) is 1.40. The Bertz CT molecular complexity index is 589. The van der Waals surface area contributed by atoms with Gasteiger partial charge in [0.2, 0.25) is 0 Å². The van der Waals surface area contributed by atoms with Crippen molar-refractivity contribution in [2.75, 3.05) is 0 Å². The van der Waals surface area contributed by atoms with Gasteiger partial charge in [-0.15, -0.1) is 0 Å². The molecule has 0 aliphatic rings. The molecule has 2 rings (SSSR count). The molecule has 0 saturated heterocycles. The molecule has 0 aliphatic carbocycles. The fourth-order valence-electron chi connectivity index (χ4n) is 1.34. The second-order valence-electron chi connectivity index (χ2n) is 3.50. The molecule has 1 aromatic heterocycles. The van der Waals surface area contributed by atoms with E-state index in [1.165, 1.54) is 0 Å². The molecular formula is C12H10ClN3O2. The van der Waals surface area contributed by atoms with E-state index >= 15 is 0 Å². The van der Waals surface area contributed by atoms with Gasteiger partial charge in [-0.2, -0.15) is 10.2 Å². The first-order valence-electron chi connectivity index (χ1n) is 5.37. The summed E-state index contributed by atoms with van der Waals surface area (Å²) in [6.07, 6.45) is 0.699. The van der Waals surface area contributed by atoms with Crippen molar-refractivity contribution in [2.24, 2.45) is 0 Å². The summed E-state index contributed by atoms with van der Waals surface area (Å²) in [6.45, 7) is 2.04. The van der Waals surface area contributed by atoms with E-state index in [1.807, 2.05) is 13.0 Å². The van der Waals surface area contributed by atoms with Gasteiger partial charge in [0, 0.05) is 17.5 Å². The highest BCUT2D eigenvalue weighted by atomic mass is 35.5. The van der Waals surface area contributed by atoms with Gasteiger partial charge < -0.3 is 9.26 Å². The third-order valence-corrected chi connectivity index (χ3v) is 2.48. The molecule has 2 aromatic rings. The molecule has 0 bridgehead atoms. The summed E-state index contributed by atoms with van der Waals surface area (Å²) < 4.78 is 10.4. The number of aromatic nitrogens is 2. The third-order valence-electron chi connectivity index (χ3n) is 2.24. The van der Waals surface area contributed by atoms with Gasteiger partial charge in [0.05, 0.1) is 5.56 Å². The molecule has 0 atom stereocenters. The summed E-state index contributed by atoms with van der Waals surface area (Å²) in [5, 5.41) is 13.2. The van der Waals surface area contributed by atoms with Gasteiger partial charge in [-0.3, -0.25) is 0 Å². The maximum atomic E-state index is 8.92. The summed E-state index contributed by atoms with van der Waals surface area (Å²) in [6, 6.07) is 6.84. The summed E-state index contributed by atoms with van der Waals surface area (Å²) in [5.41, 5.74) is 0.412. The molecule has 1 aromatic carbocycles. The molecule has 0 aliphatic heterocycles. The van der Waals surface area contributed by atoms with E-state index in [4.69, 9.17) is 26.1 Å². The molecule has 92 valence electrons. The first-order valence-corrected chi connectivity index (χ1v) is 5.74. The Morgan fingerprint density at radius 3 is 3.00 bits per heavy atom. The average molecular weight is 264 g/mol. The molecule has 0 unspecified atom stereocenters. The number of halogens is 1.